The number of benzene rings is 9. The molecule has 4 heteroatoms. The van der Waals surface area contributed by atoms with Crippen LogP contribution in [0.25, 0.3) is 101 Å². The van der Waals surface area contributed by atoms with Crippen molar-refractivity contribution < 1.29 is 0 Å². The lowest BCUT2D eigenvalue weighted by Gasteiger charge is -2.27. The van der Waals surface area contributed by atoms with Crippen LogP contribution in [0.1, 0.15) is 0 Å². The number of rotatable bonds is 5. The molecule has 4 aromatic heterocycles. The molecule has 58 heavy (non-hydrogen) atoms. The Morgan fingerprint density at radius 1 is 0.362 bits per heavy atom. The third-order valence-electron chi connectivity index (χ3n) is 12.1. The highest BCUT2D eigenvalue weighted by molar-refractivity contribution is 7.26. The van der Waals surface area contributed by atoms with Crippen molar-refractivity contribution in [1.29, 1.82) is 0 Å². The molecular weight excluding hydrogens is 741 g/mol. The predicted molar refractivity (Wildman–Crippen MR) is 252 cm³/mol. The van der Waals surface area contributed by atoms with Crippen molar-refractivity contribution in [2.45, 2.75) is 0 Å². The van der Waals surface area contributed by atoms with Crippen molar-refractivity contribution in [2.75, 3.05) is 4.90 Å². The molecule has 0 unspecified atom stereocenters. The summed E-state index contributed by atoms with van der Waals surface area (Å²) in [5.41, 5.74) is 12.1. The maximum absolute atomic E-state index is 2.47. The number of anilines is 3. The molecule has 0 saturated carbocycles. The fourth-order valence-corrected chi connectivity index (χ4v) is 11.9. The van der Waals surface area contributed by atoms with E-state index in [2.05, 4.69) is 203 Å². The minimum absolute atomic E-state index is 1.12. The molecule has 4 heterocycles. The molecule has 2 nitrogen and oxygen atoms in total. The first-order valence-electron chi connectivity index (χ1n) is 19.8. The molecule has 0 aliphatic heterocycles. The molecule has 13 aromatic rings. The molecule has 270 valence electrons. The van der Waals surface area contributed by atoms with E-state index >= 15 is 0 Å². The van der Waals surface area contributed by atoms with Gasteiger partial charge >= 0.3 is 0 Å². The summed E-state index contributed by atoms with van der Waals surface area (Å²) in [4.78, 5) is 2.46. The van der Waals surface area contributed by atoms with Crippen molar-refractivity contribution >= 4 is 118 Å². The zero-order valence-electron chi connectivity index (χ0n) is 31.2. The number of fused-ring (bicyclic) bond motifs is 12. The van der Waals surface area contributed by atoms with Crippen LogP contribution in [-0.2, 0) is 0 Å². The molecule has 0 aliphatic rings. The summed E-state index contributed by atoms with van der Waals surface area (Å²) in [5.74, 6) is 0. The average molecular weight is 773 g/mol. The number of thiophene rings is 2. The van der Waals surface area contributed by atoms with E-state index in [-0.39, 0.29) is 0 Å². The van der Waals surface area contributed by atoms with Crippen molar-refractivity contribution in [3.8, 4) is 22.3 Å². The second-order valence-electron chi connectivity index (χ2n) is 15.2. The van der Waals surface area contributed by atoms with E-state index in [0.29, 0.717) is 0 Å². The normalized spacial score (nSPS) is 12.1. The second kappa shape index (κ2) is 12.3. The maximum Gasteiger partial charge on any atom is 0.0641 e. The minimum Gasteiger partial charge on any atom is -0.310 e. The van der Waals surface area contributed by atoms with Crippen LogP contribution in [0.3, 0.4) is 0 Å². The van der Waals surface area contributed by atoms with E-state index in [0.717, 1.165) is 11.4 Å². The molecule has 0 fully saturated rings. The third kappa shape index (κ3) is 4.58. The molecule has 0 atom stereocenters. The lowest BCUT2D eigenvalue weighted by atomic mass is 10.0. The van der Waals surface area contributed by atoms with E-state index in [9.17, 15) is 0 Å². The van der Waals surface area contributed by atoms with Gasteiger partial charge in [0.1, 0.15) is 0 Å². The lowest BCUT2D eigenvalue weighted by Crippen LogP contribution is -2.10. The van der Waals surface area contributed by atoms with Gasteiger partial charge in [0.15, 0.2) is 0 Å². The quantitative estimate of drug-likeness (QED) is 0.169. The summed E-state index contributed by atoms with van der Waals surface area (Å²) in [5, 5.41) is 10.4. The Balaban J connectivity index is 1.00. The Labute approximate surface area is 342 Å². The molecular formula is C54H32N2S2. The molecule has 9 aromatic carbocycles. The van der Waals surface area contributed by atoms with Gasteiger partial charge in [0, 0.05) is 73.3 Å². The van der Waals surface area contributed by atoms with Gasteiger partial charge < -0.3 is 9.30 Å². The van der Waals surface area contributed by atoms with Crippen LogP contribution >= 0.6 is 22.7 Å². The minimum atomic E-state index is 1.12. The monoisotopic (exact) mass is 772 g/mol. The van der Waals surface area contributed by atoms with Crippen LogP contribution in [0.15, 0.2) is 194 Å². The summed E-state index contributed by atoms with van der Waals surface area (Å²) in [6.45, 7) is 0. The first-order valence-corrected chi connectivity index (χ1v) is 21.4. The molecule has 0 amide bonds. The summed E-state index contributed by atoms with van der Waals surface area (Å²) >= 11 is 3.75. The second-order valence-corrected chi connectivity index (χ2v) is 17.4. The first-order chi connectivity index (χ1) is 28.8. The Kier molecular flexibility index (Phi) is 6.79. The summed E-state index contributed by atoms with van der Waals surface area (Å²) in [7, 11) is 0. The Hall–Kier alpha value is -6.98. The van der Waals surface area contributed by atoms with E-state index in [1.807, 2.05) is 22.7 Å². The average Bonchev–Trinajstić information content (AvgIpc) is 4.04. The SMILES string of the molecule is c1ccc2c(c1)sc1ccc(-c3ccc(N(c4ccc(-c5cccc6c5sc5ccccc56)cc4)c4ccc5c6ccccc6n6c7ccccc7c4c56)cc3)cc12. The summed E-state index contributed by atoms with van der Waals surface area (Å²) in [6.07, 6.45) is 0. The largest absolute Gasteiger partial charge is 0.310 e. The zero-order valence-corrected chi connectivity index (χ0v) is 32.8. The van der Waals surface area contributed by atoms with Gasteiger partial charge in [0.05, 0.1) is 22.2 Å². The van der Waals surface area contributed by atoms with Crippen molar-refractivity contribution in [2.24, 2.45) is 0 Å². The summed E-state index contributed by atoms with van der Waals surface area (Å²) < 4.78 is 7.79. The van der Waals surface area contributed by atoms with Crippen LogP contribution in [-0.4, -0.2) is 4.40 Å². The molecule has 0 N–H and O–H groups in total. The van der Waals surface area contributed by atoms with Gasteiger partial charge in [0.2, 0.25) is 0 Å². The number of hydrogen-bond acceptors (Lipinski definition) is 3. The number of hydrogen-bond donors (Lipinski definition) is 0. The molecule has 0 saturated heterocycles. The number of para-hydroxylation sites is 2. The summed E-state index contributed by atoms with van der Waals surface area (Å²) in [6, 6.07) is 71.9. The van der Waals surface area contributed by atoms with E-state index in [1.165, 1.54) is 106 Å². The van der Waals surface area contributed by atoms with Gasteiger partial charge in [-0.25, -0.2) is 0 Å². The van der Waals surface area contributed by atoms with Crippen LogP contribution in [0.5, 0.6) is 0 Å². The first kappa shape index (κ1) is 32.1. The van der Waals surface area contributed by atoms with Gasteiger partial charge in [-0.15, -0.1) is 22.7 Å². The van der Waals surface area contributed by atoms with Crippen molar-refractivity contribution in [3.63, 3.8) is 0 Å². The van der Waals surface area contributed by atoms with Gasteiger partial charge in [0.25, 0.3) is 0 Å². The predicted octanol–water partition coefficient (Wildman–Crippen LogP) is 16.4. The highest BCUT2D eigenvalue weighted by atomic mass is 32.1. The Bertz CT molecular complexity index is 3740. The highest BCUT2D eigenvalue weighted by Gasteiger charge is 2.24. The van der Waals surface area contributed by atoms with Gasteiger partial charge in [-0.2, -0.15) is 0 Å². The third-order valence-corrected chi connectivity index (χ3v) is 14.5. The molecule has 0 radical (unpaired) electrons. The van der Waals surface area contributed by atoms with Crippen LogP contribution < -0.4 is 4.90 Å². The maximum atomic E-state index is 2.47. The fraction of sp³-hybridized carbons (Fsp3) is 0. The molecule has 0 aliphatic carbocycles. The topological polar surface area (TPSA) is 7.65 Å². The highest BCUT2D eigenvalue weighted by Crippen LogP contribution is 2.48. The van der Waals surface area contributed by atoms with Gasteiger partial charge in [-0.05, 0) is 89.0 Å². The zero-order chi connectivity index (χ0) is 37.9. The van der Waals surface area contributed by atoms with E-state index in [1.54, 1.807) is 0 Å². The van der Waals surface area contributed by atoms with Crippen LogP contribution in [0.2, 0.25) is 0 Å². The molecule has 0 spiro atoms. The Morgan fingerprint density at radius 3 is 1.69 bits per heavy atom. The van der Waals surface area contributed by atoms with E-state index < -0.39 is 0 Å². The fourth-order valence-electron chi connectivity index (χ4n) is 9.53. The Morgan fingerprint density at radius 2 is 0.931 bits per heavy atom. The number of aromatic nitrogens is 1. The van der Waals surface area contributed by atoms with Crippen molar-refractivity contribution in [1.82, 2.24) is 4.40 Å². The molecule has 0 bridgehead atoms. The number of nitrogens with zero attached hydrogens (tertiary/aromatic N) is 2. The smallest absolute Gasteiger partial charge is 0.0641 e. The molecule has 13 rings (SSSR count). The van der Waals surface area contributed by atoms with Crippen LogP contribution in [0, 0.1) is 0 Å². The standard InChI is InChI=1S/C54H32N2S2/c1-5-16-46-39(10-1)42-29-30-48(52-44-13-2-6-17-47(44)56(46)53(42)52)55(36-25-20-33(21-26-36)35-24-31-51-45(32-35)41-12-4-7-18-49(41)57-51)37-27-22-34(23-28-37)38-14-9-15-43-40-11-3-8-19-50(40)58-54(38)43/h1-32H. The lowest BCUT2D eigenvalue weighted by molar-refractivity contribution is 1.30. The van der Waals surface area contributed by atoms with E-state index in [4.69, 9.17) is 0 Å². The van der Waals surface area contributed by atoms with Gasteiger partial charge in [-0.1, -0.05) is 127 Å². The van der Waals surface area contributed by atoms with Crippen LogP contribution in [0.4, 0.5) is 17.1 Å². The van der Waals surface area contributed by atoms with Crippen molar-refractivity contribution in [3.05, 3.63) is 194 Å². The van der Waals surface area contributed by atoms with Gasteiger partial charge in [-0.3, -0.25) is 0 Å².